The zero-order valence-electron chi connectivity index (χ0n) is 34.0. The van der Waals surface area contributed by atoms with E-state index in [2.05, 4.69) is 252 Å². The maximum atomic E-state index is 2.45. The first-order valence-corrected chi connectivity index (χ1v) is 21.3. The van der Waals surface area contributed by atoms with Crippen LogP contribution in [0.25, 0.3) is 111 Å². The van der Waals surface area contributed by atoms with Crippen LogP contribution in [-0.4, -0.2) is 9.13 Å². The molecule has 2 heterocycles. The minimum absolute atomic E-state index is 1.13. The van der Waals surface area contributed by atoms with Gasteiger partial charge in [-0.1, -0.05) is 182 Å². The summed E-state index contributed by atoms with van der Waals surface area (Å²) in [6.45, 7) is 0. The number of rotatable bonds is 7. The van der Waals surface area contributed by atoms with Crippen LogP contribution in [0.15, 0.2) is 243 Å². The van der Waals surface area contributed by atoms with Gasteiger partial charge in [0.15, 0.2) is 0 Å². The molecule has 0 bridgehead atoms. The Bertz CT molecular complexity index is 3600. The van der Waals surface area contributed by atoms with Crippen molar-refractivity contribution >= 4 is 43.6 Å². The lowest BCUT2D eigenvalue weighted by atomic mass is 9.97. The number of hydrogen-bond donors (Lipinski definition) is 0. The maximum Gasteiger partial charge on any atom is 0.0547 e. The molecule has 0 saturated carbocycles. The fraction of sp³-hybridized carbons (Fsp3) is 0. The average Bonchev–Trinajstić information content (AvgIpc) is 3.87. The van der Waals surface area contributed by atoms with Crippen molar-refractivity contribution in [3.8, 4) is 67.0 Å². The second-order valence-electron chi connectivity index (χ2n) is 16.1. The van der Waals surface area contributed by atoms with Gasteiger partial charge in [0, 0.05) is 32.9 Å². The molecular weight excluding hydrogens is 749 g/mol. The van der Waals surface area contributed by atoms with E-state index in [9.17, 15) is 0 Å². The molecule has 0 saturated heterocycles. The van der Waals surface area contributed by atoms with E-state index in [1.54, 1.807) is 0 Å². The normalized spacial score (nSPS) is 11.5. The second kappa shape index (κ2) is 14.8. The van der Waals surface area contributed by atoms with Crippen molar-refractivity contribution in [3.05, 3.63) is 243 Å². The largest absolute Gasteiger partial charge is 0.309 e. The van der Waals surface area contributed by atoms with Gasteiger partial charge in [0.2, 0.25) is 0 Å². The summed E-state index contributed by atoms with van der Waals surface area (Å²) in [4.78, 5) is 0. The standard InChI is InChI=1S/C60H40N2/c1-4-15-41(16-5-1)45-21-12-22-46(37-45)43-29-33-50(34-30-43)61-58-28-14-26-52(44-19-8-3-9-20-44)60(58)54-35-31-49(40-59(54)61)48-32-36-57-55(39-48)53-25-10-11-27-56(53)62(57)51-24-13-23-47(38-51)42-17-6-2-7-18-42/h1-40H. The van der Waals surface area contributed by atoms with Crippen molar-refractivity contribution in [3.63, 3.8) is 0 Å². The van der Waals surface area contributed by atoms with Crippen LogP contribution in [0.4, 0.5) is 0 Å². The summed E-state index contributed by atoms with van der Waals surface area (Å²) >= 11 is 0. The zero-order chi connectivity index (χ0) is 41.0. The van der Waals surface area contributed by atoms with Crippen LogP contribution in [0.1, 0.15) is 0 Å². The maximum absolute atomic E-state index is 2.45. The predicted molar refractivity (Wildman–Crippen MR) is 262 cm³/mol. The Kier molecular flexibility index (Phi) is 8.53. The highest BCUT2D eigenvalue weighted by Gasteiger charge is 2.19. The van der Waals surface area contributed by atoms with E-state index in [1.165, 1.54) is 99.2 Å². The first-order valence-electron chi connectivity index (χ1n) is 21.3. The highest BCUT2D eigenvalue weighted by molar-refractivity contribution is 6.17. The molecule has 0 aliphatic carbocycles. The van der Waals surface area contributed by atoms with Crippen molar-refractivity contribution < 1.29 is 0 Å². The predicted octanol–water partition coefficient (Wildman–Crippen LogP) is 16.2. The van der Waals surface area contributed by atoms with Gasteiger partial charge in [-0.15, -0.1) is 0 Å². The molecule has 0 radical (unpaired) electrons. The van der Waals surface area contributed by atoms with Gasteiger partial charge in [-0.25, -0.2) is 0 Å². The van der Waals surface area contributed by atoms with Gasteiger partial charge in [0.05, 0.1) is 22.1 Å². The van der Waals surface area contributed by atoms with Gasteiger partial charge in [0.25, 0.3) is 0 Å². The number of fused-ring (bicyclic) bond motifs is 6. The molecule has 0 amide bonds. The zero-order valence-corrected chi connectivity index (χ0v) is 34.0. The fourth-order valence-electron chi connectivity index (χ4n) is 9.58. The molecule has 0 fully saturated rings. The van der Waals surface area contributed by atoms with Gasteiger partial charge in [-0.3, -0.25) is 0 Å². The summed E-state index contributed by atoms with van der Waals surface area (Å²) in [6.07, 6.45) is 0. The van der Waals surface area contributed by atoms with Crippen molar-refractivity contribution in [2.45, 2.75) is 0 Å². The molecule has 0 atom stereocenters. The van der Waals surface area contributed by atoms with Crippen LogP contribution in [-0.2, 0) is 0 Å². The van der Waals surface area contributed by atoms with Crippen LogP contribution in [0, 0.1) is 0 Å². The van der Waals surface area contributed by atoms with Crippen LogP contribution >= 0.6 is 0 Å². The van der Waals surface area contributed by atoms with E-state index in [0.29, 0.717) is 0 Å². The van der Waals surface area contributed by atoms with Crippen LogP contribution in [0.5, 0.6) is 0 Å². The number of para-hydroxylation sites is 1. The van der Waals surface area contributed by atoms with Crippen LogP contribution < -0.4 is 0 Å². The van der Waals surface area contributed by atoms with E-state index >= 15 is 0 Å². The molecule has 2 heteroatoms. The summed E-state index contributed by atoms with van der Waals surface area (Å²) in [6, 6.07) is 88.4. The number of benzene rings is 10. The lowest BCUT2D eigenvalue weighted by Crippen LogP contribution is -1.95. The summed E-state index contributed by atoms with van der Waals surface area (Å²) in [5, 5.41) is 4.98. The minimum Gasteiger partial charge on any atom is -0.309 e. The first kappa shape index (κ1) is 35.7. The molecule has 12 aromatic rings. The van der Waals surface area contributed by atoms with Gasteiger partial charge < -0.3 is 9.13 Å². The third-order valence-corrected chi connectivity index (χ3v) is 12.5. The van der Waals surface area contributed by atoms with Gasteiger partial charge in [0.1, 0.15) is 0 Å². The molecule has 0 N–H and O–H groups in total. The Morgan fingerprint density at radius 2 is 0.694 bits per heavy atom. The second-order valence-corrected chi connectivity index (χ2v) is 16.1. The molecule has 0 aliphatic rings. The molecule has 12 rings (SSSR count). The first-order chi connectivity index (χ1) is 30.7. The average molecular weight is 789 g/mol. The fourth-order valence-corrected chi connectivity index (χ4v) is 9.58. The van der Waals surface area contributed by atoms with E-state index in [0.717, 1.165) is 11.4 Å². The molecule has 0 aliphatic heterocycles. The van der Waals surface area contributed by atoms with Crippen LogP contribution in [0.3, 0.4) is 0 Å². The number of hydrogen-bond acceptors (Lipinski definition) is 0. The lowest BCUT2D eigenvalue weighted by Gasteiger charge is -2.12. The Morgan fingerprint density at radius 1 is 0.210 bits per heavy atom. The summed E-state index contributed by atoms with van der Waals surface area (Å²) in [5.41, 5.74) is 19.1. The van der Waals surface area contributed by atoms with Crippen molar-refractivity contribution in [1.29, 1.82) is 0 Å². The monoisotopic (exact) mass is 788 g/mol. The molecule has 62 heavy (non-hydrogen) atoms. The third-order valence-electron chi connectivity index (χ3n) is 12.5. The number of nitrogens with zero attached hydrogens (tertiary/aromatic N) is 2. The van der Waals surface area contributed by atoms with E-state index in [4.69, 9.17) is 0 Å². The number of aromatic nitrogens is 2. The van der Waals surface area contributed by atoms with E-state index < -0.39 is 0 Å². The van der Waals surface area contributed by atoms with Gasteiger partial charge in [-0.2, -0.15) is 0 Å². The van der Waals surface area contributed by atoms with Crippen molar-refractivity contribution in [2.24, 2.45) is 0 Å². The third kappa shape index (κ3) is 6.04. The summed E-state index contributed by atoms with van der Waals surface area (Å²) in [7, 11) is 0. The molecule has 0 spiro atoms. The highest BCUT2D eigenvalue weighted by Crippen LogP contribution is 2.42. The van der Waals surface area contributed by atoms with Gasteiger partial charge >= 0.3 is 0 Å². The summed E-state index contributed by atoms with van der Waals surface area (Å²) in [5.74, 6) is 0. The molecule has 0 unspecified atom stereocenters. The lowest BCUT2D eigenvalue weighted by molar-refractivity contribution is 1.18. The Labute approximate surface area is 360 Å². The van der Waals surface area contributed by atoms with Crippen molar-refractivity contribution in [2.75, 3.05) is 0 Å². The minimum atomic E-state index is 1.13. The highest BCUT2D eigenvalue weighted by atomic mass is 15.0. The summed E-state index contributed by atoms with van der Waals surface area (Å²) < 4.78 is 4.86. The smallest absolute Gasteiger partial charge is 0.0547 e. The van der Waals surface area contributed by atoms with Crippen LogP contribution in [0.2, 0.25) is 0 Å². The van der Waals surface area contributed by atoms with Crippen molar-refractivity contribution in [1.82, 2.24) is 9.13 Å². The molecule has 10 aromatic carbocycles. The Balaban J connectivity index is 1.01. The molecule has 2 aromatic heterocycles. The SMILES string of the molecule is c1ccc(-c2cccc(-c3ccc(-n4c5cc(-c6ccc7c(c6)c6ccccc6n7-c6cccc(-c7ccccc7)c6)ccc5c5c(-c6ccccc6)cccc54)cc3)c2)cc1. The topological polar surface area (TPSA) is 9.86 Å². The molecule has 2 nitrogen and oxygen atoms in total. The molecular formula is C60H40N2. The van der Waals surface area contributed by atoms with E-state index in [1.807, 2.05) is 0 Å². The quantitative estimate of drug-likeness (QED) is 0.152. The van der Waals surface area contributed by atoms with Gasteiger partial charge in [-0.05, 0) is 116 Å². The Hall–Kier alpha value is -8.20. The van der Waals surface area contributed by atoms with E-state index in [-0.39, 0.29) is 0 Å². The Morgan fingerprint density at radius 3 is 1.42 bits per heavy atom. The molecule has 290 valence electrons.